The second kappa shape index (κ2) is 8.43. The minimum atomic E-state index is -0.161. The second-order valence-electron chi connectivity index (χ2n) is 6.85. The third-order valence-corrected chi connectivity index (χ3v) is 6.43. The Morgan fingerprint density at radius 1 is 1.07 bits per heavy atom. The highest BCUT2D eigenvalue weighted by molar-refractivity contribution is 9.10. The van der Waals surface area contributed by atoms with E-state index in [-0.39, 0.29) is 17.2 Å². The lowest BCUT2D eigenvalue weighted by Crippen LogP contribution is -2.27. The zero-order valence-electron chi connectivity index (χ0n) is 15.8. The first-order valence-corrected chi connectivity index (χ1v) is 11.0. The SMILES string of the molecule is Cc1ccc(N2C(=O)CS[C@@H]2c2ccc(NC(=O)c3cccc(Br)c3)cc2)cc1. The van der Waals surface area contributed by atoms with E-state index in [1.807, 2.05) is 72.5 Å². The van der Waals surface area contributed by atoms with Crippen molar-refractivity contribution in [2.45, 2.75) is 12.3 Å². The summed E-state index contributed by atoms with van der Waals surface area (Å²) in [5.74, 6) is 0.404. The molecular formula is C23H19BrN2O2S. The van der Waals surface area contributed by atoms with Crippen LogP contribution in [-0.4, -0.2) is 17.6 Å². The summed E-state index contributed by atoms with van der Waals surface area (Å²) in [4.78, 5) is 26.8. The number of amides is 2. The number of halogens is 1. The van der Waals surface area contributed by atoms with Crippen LogP contribution in [0.4, 0.5) is 11.4 Å². The lowest BCUT2D eigenvalue weighted by atomic mass is 10.1. The molecule has 146 valence electrons. The third-order valence-electron chi connectivity index (χ3n) is 4.72. The van der Waals surface area contributed by atoms with Crippen molar-refractivity contribution in [2.75, 3.05) is 16.0 Å². The van der Waals surface area contributed by atoms with Crippen LogP contribution in [0, 0.1) is 6.92 Å². The Hall–Kier alpha value is -2.57. The highest BCUT2D eigenvalue weighted by atomic mass is 79.9. The van der Waals surface area contributed by atoms with E-state index in [9.17, 15) is 9.59 Å². The van der Waals surface area contributed by atoms with Gasteiger partial charge in [0.1, 0.15) is 5.37 Å². The van der Waals surface area contributed by atoms with Gasteiger partial charge in [-0.3, -0.25) is 14.5 Å². The van der Waals surface area contributed by atoms with E-state index in [2.05, 4.69) is 21.2 Å². The molecule has 0 aromatic heterocycles. The molecule has 3 aromatic carbocycles. The number of aryl methyl sites for hydroxylation is 1. The van der Waals surface area contributed by atoms with Crippen LogP contribution in [0.15, 0.2) is 77.3 Å². The highest BCUT2D eigenvalue weighted by Gasteiger charge is 2.33. The van der Waals surface area contributed by atoms with E-state index in [4.69, 9.17) is 0 Å². The molecule has 1 aliphatic rings. The van der Waals surface area contributed by atoms with Crippen LogP contribution in [0.2, 0.25) is 0 Å². The van der Waals surface area contributed by atoms with Gasteiger partial charge in [0.05, 0.1) is 5.75 Å². The van der Waals surface area contributed by atoms with E-state index in [0.29, 0.717) is 11.3 Å². The Morgan fingerprint density at radius 2 is 1.79 bits per heavy atom. The Kier molecular flexibility index (Phi) is 5.74. The minimum Gasteiger partial charge on any atom is -0.322 e. The summed E-state index contributed by atoms with van der Waals surface area (Å²) < 4.78 is 0.861. The first kappa shape index (κ1) is 19.7. The Bertz CT molecular complexity index is 1050. The minimum absolute atomic E-state index is 0.0694. The van der Waals surface area contributed by atoms with E-state index in [1.54, 1.807) is 23.9 Å². The number of nitrogens with zero attached hydrogens (tertiary/aromatic N) is 1. The lowest BCUT2D eigenvalue weighted by molar-refractivity contribution is -0.115. The largest absolute Gasteiger partial charge is 0.322 e. The smallest absolute Gasteiger partial charge is 0.255 e. The van der Waals surface area contributed by atoms with Crippen LogP contribution in [0.1, 0.15) is 26.9 Å². The van der Waals surface area contributed by atoms with Crippen LogP contribution < -0.4 is 10.2 Å². The molecule has 0 bridgehead atoms. The standard InChI is InChI=1S/C23H19BrN2O2S/c1-15-5-11-20(12-6-15)26-21(27)14-29-23(26)16-7-9-19(10-8-16)25-22(28)17-3-2-4-18(24)13-17/h2-13,23H,14H2,1H3,(H,25,28)/t23-/m1/s1. The van der Waals surface area contributed by atoms with Crippen molar-refractivity contribution in [1.82, 2.24) is 0 Å². The quantitative estimate of drug-likeness (QED) is 0.529. The molecule has 1 saturated heterocycles. The molecule has 0 unspecified atom stereocenters. The summed E-state index contributed by atoms with van der Waals surface area (Å²) >= 11 is 4.99. The molecule has 29 heavy (non-hydrogen) atoms. The number of hydrogen-bond donors (Lipinski definition) is 1. The summed E-state index contributed by atoms with van der Waals surface area (Å²) in [6, 6.07) is 23.0. The van der Waals surface area contributed by atoms with Gasteiger partial charge < -0.3 is 5.32 Å². The van der Waals surface area contributed by atoms with Gasteiger partial charge in [-0.05, 0) is 55.0 Å². The maximum absolute atomic E-state index is 12.5. The van der Waals surface area contributed by atoms with E-state index in [0.717, 1.165) is 27.0 Å². The van der Waals surface area contributed by atoms with Crippen molar-refractivity contribution < 1.29 is 9.59 Å². The van der Waals surface area contributed by atoms with Gasteiger partial charge in [-0.25, -0.2) is 0 Å². The van der Waals surface area contributed by atoms with Gasteiger partial charge in [0.25, 0.3) is 5.91 Å². The molecule has 0 saturated carbocycles. The predicted molar refractivity (Wildman–Crippen MR) is 122 cm³/mol. The fourth-order valence-electron chi connectivity index (χ4n) is 3.22. The zero-order chi connectivity index (χ0) is 20.4. The molecule has 1 aliphatic heterocycles. The van der Waals surface area contributed by atoms with Crippen LogP contribution in [-0.2, 0) is 4.79 Å². The van der Waals surface area contributed by atoms with Gasteiger partial charge in [0, 0.05) is 21.4 Å². The van der Waals surface area contributed by atoms with Crippen molar-refractivity contribution in [3.05, 3.63) is 94.0 Å². The molecule has 1 N–H and O–H groups in total. The molecule has 4 rings (SSSR count). The monoisotopic (exact) mass is 466 g/mol. The van der Waals surface area contributed by atoms with Crippen molar-refractivity contribution in [3.8, 4) is 0 Å². The molecule has 1 heterocycles. The van der Waals surface area contributed by atoms with E-state index >= 15 is 0 Å². The van der Waals surface area contributed by atoms with Crippen LogP contribution in [0.25, 0.3) is 0 Å². The maximum atomic E-state index is 12.5. The topological polar surface area (TPSA) is 49.4 Å². The van der Waals surface area contributed by atoms with Gasteiger partial charge in [-0.15, -0.1) is 11.8 Å². The highest BCUT2D eigenvalue weighted by Crippen LogP contribution is 2.41. The van der Waals surface area contributed by atoms with E-state index in [1.165, 1.54) is 0 Å². The molecule has 0 radical (unpaired) electrons. The summed E-state index contributed by atoms with van der Waals surface area (Å²) in [5.41, 5.74) is 4.40. The molecule has 4 nitrogen and oxygen atoms in total. The number of carbonyl (C=O) groups excluding carboxylic acids is 2. The molecule has 6 heteroatoms. The summed E-state index contributed by atoms with van der Waals surface area (Å²) in [6.07, 6.45) is 0. The number of carbonyl (C=O) groups is 2. The summed E-state index contributed by atoms with van der Waals surface area (Å²) in [7, 11) is 0. The molecule has 3 aromatic rings. The molecule has 0 spiro atoms. The number of benzene rings is 3. The fourth-order valence-corrected chi connectivity index (χ4v) is 4.80. The molecule has 1 fully saturated rings. The first-order valence-electron chi connectivity index (χ1n) is 9.18. The zero-order valence-corrected chi connectivity index (χ0v) is 18.2. The maximum Gasteiger partial charge on any atom is 0.255 e. The average molecular weight is 467 g/mol. The number of nitrogens with one attached hydrogen (secondary N) is 1. The second-order valence-corrected chi connectivity index (χ2v) is 8.83. The van der Waals surface area contributed by atoms with Crippen LogP contribution in [0.5, 0.6) is 0 Å². The van der Waals surface area contributed by atoms with Gasteiger partial charge in [-0.1, -0.05) is 51.8 Å². The average Bonchev–Trinajstić information content (AvgIpc) is 3.10. The van der Waals surface area contributed by atoms with Crippen molar-refractivity contribution in [1.29, 1.82) is 0 Å². The number of thioether (sulfide) groups is 1. The lowest BCUT2D eigenvalue weighted by Gasteiger charge is -2.24. The van der Waals surface area contributed by atoms with Gasteiger partial charge >= 0.3 is 0 Å². The van der Waals surface area contributed by atoms with Crippen LogP contribution >= 0.6 is 27.7 Å². The van der Waals surface area contributed by atoms with Crippen LogP contribution in [0.3, 0.4) is 0 Å². The van der Waals surface area contributed by atoms with Crippen molar-refractivity contribution in [2.24, 2.45) is 0 Å². The van der Waals surface area contributed by atoms with Crippen molar-refractivity contribution in [3.63, 3.8) is 0 Å². The van der Waals surface area contributed by atoms with Gasteiger partial charge in [0.15, 0.2) is 0 Å². The molecule has 2 amide bonds. The Balaban J connectivity index is 1.51. The summed E-state index contributed by atoms with van der Waals surface area (Å²) in [6.45, 7) is 2.03. The van der Waals surface area contributed by atoms with Crippen molar-refractivity contribution >= 4 is 50.9 Å². The van der Waals surface area contributed by atoms with Gasteiger partial charge in [0.2, 0.25) is 5.91 Å². The summed E-state index contributed by atoms with van der Waals surface area (Å²) in [5, 5.41) is 2.84. The molecule has 0 aliphatic carbocycles. The normalized spacial score (nSPS) is 16.1. The number of hydrogen-bond acceptors (Lipinski definition) is 3. The van der Waals surface area contributed by atoms with Gasteiger partial charge in [-0.2, -0.15) is 0 Å². The molecular weight excluding hydrogens is 448 g/mol. The number of anilines is 2. The van der Waals surface area contributed by atoms with E-state index < -0.39 is 0 Å². The predicted octanol–water partition coefficient (Wildman–Crippen LogP) is 5.79. The third kappa shape index (κ3) is 4.38. The number of rotatable bonds is 4. The fraction of sp³-hybridized carbons (Fsp3) is 0.130. The molecule has 1 atom stereocenters. The Labute approximate surface area is 182 Å². The Morgan fingerprint density at radius 3 is 2.48 bits per heavy atom. The first-order chi connectivity index (χ1) is 14.0.